The highest BCUT2D eigenvalue weighted by atomic mass is 35.5. The molecule has 2 aromatic rings. The van der Waals surface area contributed by atoms with E-state index >= 15 is 0 Å². The minimum absolute atomic E-state index is 0.250. The van der Waals surface area contributed by atoms with Crippen molar-refractivity contribution in [1.82, 2.24) is 10.1 Å². The van der Waals surface area contributed by atoms with Gasteiger partial charge in [0, 0.05) is 23.2 Å². The molecule has 0 bridgehead atoms. The molecule has 0 spiro atoms. The van der Waals surface area contributed by atoms with Gasteiger partial charge in [0.2, 0.25) is 0 Å². The lowest BCUT2D eigenvalue weighted by Gasteiger charge is -2.27. The first-order chi connectivity index (χ1) is 14.8. The molecule has 2 heterocycles. The molecule has 6 nitrogen and oxygen atoms in total. The lowest BCUT2D eigenvalue weighted by atomic mass is 10.1. The second kappa shape index (κ2) is 14.8. The Balaban J connectivity index is 0.000000604. The normalized spacial score (nSPS) is 16.0. The number of aromatic nitrogens is 1. The molecule has 1 aromatic carbocycles. The molecular weight excluding hydrogens is 423 g/mol. The third-order valence-corrected chi connectivity index (χ3v) is 4.30. The van der Waals surface area contributed by atoms with Crippen LogP contribution in [0.4, 0.5) is 4.39 Å². The van der Waals surface area contributed by atoms with Crippen LogP contribution in [-0.4, -0.2) is 47.5 Å². The summed E-state index contributed by atoms with van der Waals surface area (Å²) in [4.78, 5) is 10.4. The molecule has 1 fully saturated rings. The lowest BCUT2D eigenvalue weighted by Crippen LogP contribution is -2.35. The number of benzene rings is 1. The van der Waals surface area contributed by atoms with E-state index in [0.717, 1.165) is 42.4 Å². The molecule has 1 atom stereocenters. The average molecular weight is 457 g/mol. The van der Waals surface area contributed by atoms with Crippen molar-refractivity contribution in [2.75, 3.05) is 19.7 Å². The van der Waals surface area contributed by atoms with Crippen LogP contribution < -0.4 is 4.74 Å². The van der Waals surface area contributed by atoms with E-state index in [1.54, 1.807) is 6.07 Å². The smallest absolute Gasteiger partial charge is 0.290 e. The first-order valence-electron chi connectivity index (χ1n) is 10.6. The van der Waals surface area contributed by atoms with Gasteiger partial charge in [0.05, 0.1) is 13.2 Å². The summed E-state index contributed by atoms with van der Waals surface area (Å²) in [6, 6.07) is 7.35. The fraction of sp³-hybridized carbons (Fsp3) is 0.565. The van der Waals surface area contributed by atoms with Crippen LogP contribution in [-0.2, 0) is 11.3 Å². The van der Waals surface area contributed by atoms with Crippen LogP contribution in [0, 0.1) is 5.92 Å². The summed E-state index contributed by atoms with van der Waals surface area (Å²) >= 11 is 6.12. The van der Waals surface area contributed by atoms with E-state index in [9.17, 15) is 4.39 Å². The third-order valence-electron chi connectivity index (χ3n) is 4.07. The summed E-state index contributed by atoms with van der Waals surface area (Å²) in [5.74, 6) is 2.29. The van der Waals surface area contributed by atoms with Gasteiger partial charge in [-0.1, -0.05) is 44.5 Å². The zero-order valence-electron chi connectivity index (χ0n) is 18.8. The van der Waals surface area contributed by atoms with Crippen LogP contribution in [0.3, 0.4) is 0 Å². The Morgan fingerprint density at radius 3 is 2.68 bits per heavy atom. The molecule has 1 aromatic heterocycles. The van der Waals surface area contributed by atoms with Gasteiger partial charge in [0.25, 0.3) is 6.47 Å². The first-order valence-corrected chi connectivity index (χ1v) is 11.0. The predicted octanol–water partition coefficient (Wildman–Crippen LogP) is 6.08. The molecule has 8 heteroatoms. The average Bonchev–Trinajstić information content (AvgIpc) is 3.15. The first kappa shape index (κ1) is 26.9. The molecule has 1 aliphatic heterocycles. The lowest BCUT2D eigenvalue weighted by molar-refractivity contribution is -0.122. The van der Waals surface area contributed by atoms with Crippen LogP contribution in [0.1, 0.15) is 52.7 Å². The highest BCUT2D eigenvalue weighted by molar-refractivity contribution is 6.30. The number of carboxylic acid groups (broad SMARTS) is 1. The molecule has 0 radical (unpaired) electrons. The molecule has 1 saturated heterocycles. The number of hydrogen-bond donors (Lipinski definition) is 1. The van der Waals surface area contributed by atoms with Gasteiger partial charge in [0.1, 0.15) is 17.6 Å². The van der Waals surface area contributed by atoms with Crippen molar-refractivity contribution < 1.29 is 23.6 Å². The van der Waals surface area contributed by atoms with E-state index in [-0.39, 0.29) is 6.47 Å². The number of likely N-dealkylation sites (tertiary alicyclic amines) is 1. The molecule has 174 valence electrons. The van der Waals surface area contributed by atoms with E-state index in [2.05, 4.69) is 37.8 Å². The number of ether oxygens (including phenoxy) is 1. The highest BCUT2D eigenvalue weighted by Gasteiger charge is 2.21. The van der Waals surface area contributed by atoms with E-state index in [0.29, 0.717) is 36.8 Å². The minimum atomic E-state index is -0.747. The van der Waals surface area contributed by atoms with E-state index in [1.165, 1.54) is 0 Å². The van der Waals surface area contributed by atoms with Gasteiger partial charge in [-0.05, 0) is 49.9 Å². The Labute approximate surface area is 189 Å². The number of piperidine rings is 1. The molecule has 3 rings (SSSR count). The monoisotopic (exact) mass is 456 g/mol. The molecule has 31 heavy (non-hydrogen) atoms. The molecule has 1 aliphatic rings. The van der Waals surface area contributed by atoms with Crippen molar-refractivity contribution >= 4 is 18.1 Å². The van der Waals surface area contributed by atoms with Gasteiger partial charge in [-0.15, -0.1) is 0 Å². The number of nitrogens with zero attached hydrogens (tertiary/aromatic N) is 2. The zero-order valence-corrected chi connectivity index (χ0v) is 19.6. The maximum Gasteiger partial charge on any atom is 0.290 e. The van der Waals surface area contributed by atoms with E-state index < -0.39 is 6.17 Å². The van der Waals surface area contributed by atoms with E-state index in [4.69, 9.17) is 30.8 Å². The van der Waals surface area contributed by atoms with Crippen molar-refractivity contribution in [2.24, 2.45) is 5.92 Å². The fourth-order valence-electron chi connectivity index (χ4n) is 2.92. The largest absolute Gasteiger partial charge is 0.493 e. The van der Waals surface area contributed by atoms with Crippen molar-refractivity contribution in [2.45, 2.75) is 59.7 Å². The molecule has 1 N–H and O–H groups in total. The third kappa shape index (κ3) is 10.6. The van der Waals surface area contributed by atoms with Gasteiger partial charge < -0.3 is 14.4 Å². The molecule has 0 amide bonds. The number of rotatable bonds is 6. The Kier molecular flexibility index (Phi) is 12.9. The van der Waals surface area contributed by atoms with Crippen molar-refractivity contribution in [3.8, 4) is 17.0 Å². The van der Waals surface area contributed by atoms with Crippen LogP contribution in [0.2, 0.25) is 5.02 Å². The Bertz CT molecular complexity index is 767. The number of hydrogen-bond acceptors (Lipinski definition) is 5. The van der Waals surface area contributed by atoms with E-state index in [1.807, 2.05) is 18.2 Å². The molecule has 0 saturated carbocycles. The van der Waals surface area contributed by atoms with Crippen LogP contribution in [0.15, 0.2) is 28.8 Å². The second-order valence-electron chi connectivity index (χ2n) is 7.98. The van der Waals surface area contributed by atoms with Gasteiger partial charge in [0.15, 0.2) is 5.76 Å². The molecule has 1 unspecified atom stereocenters. The number of alkyl halides is 1. The molecule has 0 aliphatic carbocycles. The minimum Gasteiger partial charge on any atom is -0.493 e. The maximum atomic E-state index is 13.5. The van der Waals surface area contributed by atoms with Crippen molar-refractivity contribution in [3.63, 3.8) is 0 Å². The van der Waals surface area contributed by atoms with Gasteiger partial charge in [-0.25, -0.2) is 4.39 Å². The second-order valence-corrected chi connectivity index (χ2v) is 8.42. The summed E-state index contributed by atoms with van der Waals surface area (Å²) in [6.45, 7) is 10.8. The van der Waals surface area contributed by atoms with Crippen LogP contribution >= 0.6 is 11.6 Å². The SMILES string of the molecule is CC(C)C.CCCOc1ccc(Cl)cc1-c1cc(CN2CCCC(F)C2)on1.O=CO. The predicted molar refractivity (Wildman–Crippen MR) is 121 cm³/mol. The topological polar surface area (TPSA) is 75.8 Å². The summed E-state index contributed by atoms with van der Waals surface area (Å²) in [6.07, 6.45) is 1.71. The Morgan fingerprint density at radius 2 is 2.06 bits per heavy atom. The summed E-state index contributed by atoms with van der Waals surface area (Å²) in [5, 5.41) is 11.7. The van der Waals surface area contributed by atoms with Gasteiger partial charge in [-0.3, -0.25) is 9.69 Å². The maximum absolute atomic E-state index is 13.5. The number of carbonyl (C=O) groups is 1. The highest BCUT2D eigenvalue weighted by Crippen LogP contribution is 2.32. The van der Waals surface area contributed by atoms with Crippen molar-refractivity contribution in [3.05, 3.63) is 35.0 Å². The quantitative estimate of drug-likeness (QED) is 0.531. The van der Waals surface area contributed by atoms with Crippen LogP contribution in [0.25, 0.3) is 11.3 Å². The zero-order chi connectivity index (χ0) is 23.2. The summed E-state index contributed by atoms with van der Waals surface area (Å²) in [5.41, 5.74) is 1.50. The standard InChI is InChI=1S/C18H22ClFN2O2.C4H10.CH2O2/c1-2-8-23-18-6-5-13(19)9-16(18)17-10-15(24-21-17)12-22-7-3-4-14(20)11-22;1-4(2)3;2-1-3/h5-6,9-10,14H,2-4,7-8,11-12H2,1H3;4H,1-3H3;1H,(H,2,3). The summed E-state index contributed by atoms with van der Waals surface area (Å²) < 4.78 is 24.7. The summed E-state index contributed by atoms with van der Waals surface area (Å²) in [7, 11) is 0. The fourth-order valence-corrected chi connectivity index (χ4v) is 3.09. The van der Waals surface area contributed by atoms with Gasteiger partial charge in [-0.2, -0.15) is 0 Å². The van der Waals surface area contributed by atoms with Gasteiger partial charge >= 0.3 is 0 Å². The number of halogens is 2. The Hall–Kier alpha value is -2.12. The Morgan fingerprint density at radius 1 is 1.39 bits per heavy atom. The van der Waals surface area contributed by atoms with Crippen molar-refractivity contribution in [1.29, 1.82) is 0 Å². The molecular formula is C23H34ClFN2O4. The van der Waals surface area contributed by atoms with Crippen LogP contribution in [0.5, 0.6) is 5.75 Å².